The molecule has 1 aromatic rings. The highest BCUT2D eigenvalue weighted by atomic mass is 16.1. The van der Waals surface area contributed by atoms with Gasteiger partial charge in [0, 0.05) is 11.3 Å². The first-order valence-electron chi connectivity index (χ1n) is 6.13. The van der Waals surface area contributed by atoms with Crippen molar-refractivity contribution in [3.63, 3.8) is 0 Å². The zero-order valence-corrected chi connectivity index (χ0v) is 10.3. The molecule has 1 atom stereocenters. The molecular weight excluding hydrogens is 210 g/mol. The normalized spacial score (nSPS) is 17.6. The lowest BCUT2D eigenvalue weighted by Crippen LogP contribution is -1.99. The molecule has 0 aliphatic heterocycles. The average molecular weight is 227 g/mol. The Morgan fingerprint density at radius 3 is 2.65 bits per heavy atom. The summed E-state index contributed by atoms with van der Waals surface area (Å²) < 4.78 is 0. The molecule has 1 heterocycles. The number of nitrogens with zero attached hydrogens (tertiary/aromatic N) is 1. The molecule has 1 aromatic heterocycles. The molecule has 0 N–H and O–H groups in total. The lowest BCUT2D eigenvalue weighted by atomic mass is 10.0. The number of pyridine rings is 1. The summed E-state index contributed by atoms with van der Waals surface area (Å²) in [5, 5.41) is 0. The van der Waals surface area contributed by atoms with Crippen LogP contribution in [0.5, 0.6) is 0 Å². The topological polar surface area (TPSA) is 30.0 Å². The molecule has 17 heavy (non-hydrogen) atoms. The molecule has 0 spiro atoms. The van der Waals surface area contributed by atoms with E-state index in [1.165, 1.54) is 5.56 Å². The SMILES string of the molecule is CCc1cc2c(nc1CC)C=CC(C=O)C=C2. The second-order valence-corrected chi connectivity index (χ2v) is 4.21. The van der Waals surface area contributed by atoms with Gasteiger partial charge in [-0.25, -0.2) is 0 Å². The highest BCUT2D eigenvalue weighted by molar-refractivity contribution is 5.73. The minimum Gasteiger partial charge on any atom is -0.302 e. The maximum Gasteiger partial charge on any atom is 0.130 e. The second-order valence-electron chi connectivity index (χ2n) is 4.21. The summed E-state index contributed by atoms with van der Waals surface area (Å²) in [6.07, 6.45) is 10.7. The largest absolute Gasteiger partial charge is 0.302 e. The average Bonchev–Trinajstić information content (AvgIpc) is 2.58. The highest BCUT2D eigenvalue weighted by Gasteiger charge is 2.09. The Hall–Kier alpha value is -1.70. The van der Waals surface area contributed by atoms with Crippen molar-refractivity contribution in [2.45, 2.75) is 26.7 Å². The van der Waals surface area contributed by atoms with Gasteiger partial charge in [-0.05, 0) is 30.5 Å². The van der Waals surface area contributed by atoms with Crippen LogP contribution in [0.25, 0.3) is 12.2 Å². The monoisotopic (exact) mass is 227 g/mol. The van der Waals surface area contributed by atoms with Gasteiger partial charge in [0.25, 0.3) is 0 Å². The number of aromatic nitrogens is 1. The summed E-state index contributed by atoms with van der Waals surface area (Å²) in [6, 6.07) is 2.19. The Bertz CT molecular complexity index is 445. The fraction of sp³-hybridized carbons (Fsp3) is 0.333. The zero-order valence-electron chi connectivity index (χ0n) is 10.3. The Balaban J connectivity index is 2.51. The van der Waals surface area contributed by atoms with Crippen LogP contribution in [0.1, 0.15) is 36.4 Å². The van der Waals surface area contributed by atoms with Crippen molar-refractivity contribution < 1.29 is 4.79 Å². The van der Waals surface area contributed by atoms with E-state index < -0.39 is 0 Å². The van der Waals surface area contributed by atoms with Gasteiger partial charge in [0.1, 0.15) is 6.29 Å². The molecule has 1 unspecified atom stereocenters. The van der Waals surface area contributed by atoms with Crippen molar-refractivity contribution in [1.29, 1.82) is 0 Å². The van der Waals surface area contributed by atoms with Gasteiger partial charge in [-0.15, -0.1) is 0 Å². The van der Waals surface area contributed by atoms with E-state index in [1.54, 1.807) is 0 Å². The van der Waals surface area contributed by atoms with Crippen LogP contribution in [0.3, 0.4) is 0 Å². The fourth-order valence-corrected chi connectivity index (χ4v) is 2.08. The quantitative estimate of drug-likeness (QED) is 0.743. The van der Waals surface area contributed by atoms with Crippen LogP contribution in [0.15, 0.2) is 18.2 Å². The number of carbonyl (C=O) groups excluding carboxylic acids is 1. The van der Waals surface area contributed by atoms with E-state index in [0.717, 1.165) is 36.1 Å². The van der Waals surface area contributed by atoms with E-state index in [-0.39, 0.29) is 5.92 Å². The molecule has 0 radical (unpaired) electrons. The summed E-state index contributed by atoms with van der Waals surface area (Å²) in [7, 11) is 0. The lowest BCUT2D eigenvalue weighted by Gasteiger charge is -2.08. The van der Waals surface area contributed by atoms with Crippen LogP contribution in [-0.4, -0.2) is 11.3 Å². The van der Waals surface area contributed by atoms with Crippen molar-refractivity contribution in [1.82, 2.24) is 4.98 Å². The second kappa shape index (κ2) is 5.09. The van der Waals surface area contributed by atoms with E-state index in [1.807, 2.05) is 24.3 Å². The van der Waals surface area contributed by atoms with Gasteiger partial charge in [-0.3, -0.25) is 4.98 Å². The molecule has 2 rings (SSSR count). The summed E-state index contributed by atoms with van der Waals surface area (Å²) in [6.45, 7) is 4.27. The van der Waals surface area contributed by atoms with Crippen LogP contribution in [-0.2, 0) is 17.6 Å². The lowest BCUT2D eigenvalue weighted by molar-refractivity contribution is -0.108. The molecular formula is C15H17NO. The Morgan fingerprint density at radius 2 is 2.00 bits per heavy atom. The van der Waals surface area contributed by atoms with E-state index in [9.17, 15) is 4.79 Å². The van der Waals surface area contributed by atoms with Crippen molar-refractivity contribution >= 4 is 18.4 Å². The number of carbonyl (C=O) groups is 1. The van der Waals surface area contributed by atoms with Crippen LogP contribution >= 0.6 is 0 Å². The maximum absolute atomic E-state index is 10.8. The first kappa shape index (κ1) is 11.8. The van der Waals surface area contributed by atoms with Gasteiger partial charge in [0.05, 0.1) is 11.6 Å². The van der Waals surface area contributed by atoms with Crippen molar-refractivity contribution in [3.05, 3.63) is 40.7 Å². The minimum atomic E-state index is -0.126. The number of aryl methyl sites for hydroxylation is 2. The third-order valence-corrected chi connectivity index (χ3v) is 3.10. The van der Waals surface area contributed by atoms with Gasteiger partial charge >= 0.3 is 0 Å². The molecule has 1 aliphatic rings. The first-order chi connectivity index (χ1) is 8.28. The minimum absolute atomic E-state index is 0.126. The Morgan fingerprint density at radius 1 is 1.24 bits per heavy atom. The molecule has 2 nitrogen and oxygen atoms in total. The fourth-order valence-electron chi connectivity index (χ4n) is 2.08. The van der Waals surface area contributed by atoms with Crippen LogP contribution in [0.2, 0.25) is 0 Å². The number of aldehydes is 1. The van der Waals surface area contributed by atoms with Gasteiger partial charge in [-0.1, -0.05) is 32.1 Å². The van der Waals surface area contributed by atoms with Gasteiger partial charge in [0.15, 0.2) is 0 Å². The summed E-state index contributed by atoms with van der Waals surface area (Å²) >= 11 is 0. The number of hydrogen-bond acceptors (Lipinski definition) is 2. The number of rotatable bonds is 3. The predicted octanol–water partition coefficient (Wildman–Crippen LogP) is 3.06. The highest BCUT2D eigenvalue weighted by Crippen LogP contribution is 2.21. The molecule has 0 saturated heterocycles. The van der Waals surface area contributed by atoms with Crippen LogP contribution in [0.4, 0.5) is 0 Å². The molecule has 0 fully saturated rings. The number of allylic oxidation sites excluding steroid dienone is 2. The smallest absolute Gasteiger partial charge is 0.130 e. The Labute approximate surface area is 102 Å². The summed E-state index contributed by atoms with van der Waals surface area (Å²) in [5.41, 5.74) is 4.54. The van der Waals surface area contributed by atoms with E-state index in [2.05, 4.69) is 24.9 Å². The molecule has 88 valence electrons. The van der Waals surface area contributed by atoms with E-state index >= 15 is 0 Å². The molecule has 0 amide bonds. The van der Waals surface area contributed by atoms with Crippen molar-refractivity contribution in [2.75, 3.05) is 0 Å². The van der Waals surface area contributed by atoms with Crippen molar-refractivity contribution in [2.24, 2.45) is 5.92 Å². The van der Waals surface area contributed by atoms with Gasteiger partial charge in [-0.2, -0.15) is 0 Å². The third kappa shape index (κ3) is 2.36. The molecule has 2 heteroatoms. The summed E-state index contributed by atoms with van der Waals surface area (Å²) in [4.78, 5) is 15.5. The molecule has 0 aromatic carbocycles. The first-order valence-corrected chi connectivity index (χ1v) is 6.13. The number of hydrogen-bond donors (Lipinski definition) is 0. The molecule has 0 bridgehead atoms. The van der Waals surface area contributed by atoms with Crippen LogP contribution in [0, 0.1) is 5.92 Å². The zero-order chi connectivity index (χ0) is 12.3. The van der Waals surface area contributed by atoms with Gasteiger partial charge < -0.3 is 4.79 Å². The molecule has 0 saturated carbocycles. The van der Waals surface area contributed by atoms with E-state index in [0.29, 0.717) is 0 Å². The van der Waals surface area contributed by atoms with E-state index in [4.69, 9.17) is 0 Å². The third-order valence-electron chi connectivity index (χ3n) is 3.10. The maximum atomic E-state index is 10.8. The molecule has 1 aliphatic carbocycles. The standard InChI is InChI=1S/C15H17NO/c1-3-12-9-13-7-5-11(10-17)6-8-15(13)16-14(12)4-2/h5-11H,3-4H2,1-2H3. The van der Waals surface area contributed by atoms with Gasteiger partial charge in [0.2, 0.25) is 0 Å². The van der Waals surface area contributed by atoms with Crippen molar-refractivity contribution in [3.8, 4) is 0 Å². The number of fused-ring (bicyclic) bond motifs is 1. The summed E-state index contributed by atoms with van der Waals surface area (Å²) in [5.74, 6) is -0.126. The Kier molecular flexibility index (Phi) is 3.52. The van der Waals surface area contributed by atoms with Crippen LogP contribution < -0.4 is 0 Å². The predicted molar refractivity (Wildman–Crippen MR) is 70.6 cm³/mol.